The number of nitrogens with zero attached hydrogens (tertiary/aromatic N) is 1. The zero-order valence-corrected chi connectivity index (χ0v) is 16.5. The summed E-state index contributed by atoms with van der Waals surface area (Å²) >= 11 is 6.04. The first-order valence-corrected chi connectivity index (χ1v) is 9.43. The van der Waals surface area contributed by atoms with Crippen LogP contribution in [0, 0.1) is 0 Å². The number of aliphatic hydroxyl groups is 1. The second-order valence-corrected chi connectivity index (χ2v) is 6.95. The van der Waals surface area contributed by atoms with E-state index in [4.69, 9.17) is 11.6 Å². The third-order valence-electron chi connectivity index (χ3n) is 4.40. The van der Waals surface area contributed by atoms with E-state index in [1.807, 2.05) is 42.5 Å². The average Bonchev–Trinajstić information content (AvgIpc) is 3.24. The summed E-state index contributed by atoms with van der Waals surface area (Å²) in [7, 11) is 0. The van der Waals surface area contributed by atoms with E-state index < -0.39 is 30.6 Å². The number of rotatable bonds is 8. The van der Waals surface area contributed by atoms with Gasteiger partial charge < -0.3 is 10.2 Å². The number of hydrogen-bond donors (Lipinski definition) is 7. The Labute approximate surface area is 177 Å². The highest BCUT2D eigenvalue weighted by atomic mass is 35.5. The molecule has 0 fully saturated rings. The summed E-state index contributed by atoms with van der Waals surface area (Å²) in [4.78, 5) is 24.0. The molecule has 11 heteroatoms. The van der Waals surface area contributed by atoms with Gasteiger partial charge in [0, 0.05) is 5.02 Å². The lowest BCUT2D eigenvalue weighted by Gasteiger charge is -2.22. The fourth-order valence-corrected chi connectivity index (χ4v) is 3.06. The lowest BCUT2D eigenvalue weighted by atomic mass is 10.00. The second kappa shape index (κ2) is 10.0. The maximum absolute atomic E-state index is 12.7. The number of hydrazone groups is 1. The third-order valence-corrected chi connectivity index (χ3v) is 4.63. The zero-order chi connectivity index (χ0) is 21.5. The standard InChI is InChI=1S/C19H21ClN6O4/c20-14-3-1-2-13(9-14)12-6-4-11(5-7-12)8-15(21-16(10-27)18(29)30)17(28)22-19-23-25-26-24-19/h1-7,9,15-16,21,25-27H,8,10H2,(H,29,30)(H2,22,23,24,28)/t15-,16-/m0/s1. The highest BCUT2D eigenvalue weighted by Gasteiger charge is 2.27. The molecule has 7 N–H and O–H groups in total. The van der Waals surface area contributed by atoms with E-state index in [0.29, 0.717) is 5.02 Å². The fraction of sp³-hybridized carbons (Fsp3) is 0.211. The van der Waals surface area contributed by atoms with E-state index in [9.17, 15) is 19.8 Å². The Morgan fingerprint density at radius 2 is 1.87 bits per heavy atom. The van der Waals surface area contributed by atoms with Crippen molar-refractivity contribution in [1.82, 2.24) is 27.1 Å². The SMILES string of the molecule is O=C(O)[C@H](CO)N[C@@H](Cc1ccc(-c2cccc(Cl)c2)cc1)C(=O)NC1=NNNN1. The van der Waals surface area contributed by atoms with Crippen molar-refractivity contribution in [2.45, 2.75) is 18.5 Å². The molecule has 1 amide bonds. The monoisotopic (exact) mass is 432 g/mol. The van der Waals surface area contributed by atoms with Crippen LogP contribution in [0.1, 0.15) is 5.56 Å². The first-order chi connectivity index (χ1) is 14.5. The minimum absolute atomic E-state index is 0.138. The molecule has 0 spiro atoms. The number of carboxylic acid groups (broad SMARTS) is 1. The normalized spacial score (nSPS) is 14.8. The van der Waals surface area contributed by atoms with Crippen LogP contribution in [-0.2, 0) is 16.0 Å². The molecular formula is C19H21ClN6O4. The lowest BCUT2D eigenvalue weighted by molar-refractivity contribution is -0.141. The van der Waals surface area contributed by atoms with Crippen molar-refractivity contribution in [3.63, 3.8) is 0 Å². The number of aliphatic carboxylic acids is 1. The average molecular weight is 433 g/mol. The van der Waals surface area contributed by atoms with Gasteiger partial charge in [-0.3, -0.25) is 25.6 Å². The minimum atomic E-state index is -1.29. The van der Waals surface area contributed by atoms with Crippen LogP contribution in [0.2, 0.25) is 5.02 Å². The summed E-state index contributed by atoms with van der Waals surface area (Å²) < 4.78 is 0. The van der Waals surface area contributed by atoms with Gasteiger partial charge in [-0.25, -0.2) is 5.53 Å². The molecule has 158 valence electrons. The molecule has 0 unspecified atom stereocenters. The summed E-state index contributed by atoms with van der Waals surface area (Å²) in [5.41, 5.74) is 10.2. The number of carbonyl (C=O) groups excluding carboxylic acids is 1. The number of carbonyl (C=O) groups is 2. The van der Waals surface area contributed by atoms with Crippen LogP contribution in [0.15, 0.2) is 53.6 Å². The Morgan fingerprint density at radius 1 is 1.10 bits per heavy atom. The molecule has 0 radical (unpaired) electrons. The van der Waals surface area contributed by atoms with Gasteiger partial charge in [-0.15, -0.1) is 10.6 Å². The minimum Gasteiger partial charge on any atom is -0.480 e. The van der Waals surface area contributed by atoms with E-state index in [2.05, 4.69) is 32.2 Å². The maximum atomic E-state index is 12.7. The fourth-order valence-electron chi connectivity index (χ4n) is 2.87. The number of hydrogen-bond acceptors (Lipinski definition) is 8. The number of guanidine groups is 1. The van der Waals surface area contributed by atoms with Gasteiger partial charge in [-0.05, 0) is 35.2 Å². The highest BCUT2D eigenvalue weighted by molar-refractivity contribution is 6.30. The molecule has 0 aliphatic carbocycles. The topological polar surface area (TPSA) is 147 Å². The lowest BCUT2D eigenvalue weighted by Crippen LogP contribution is -2.55. The summed E-state index contributed by atoms with van der Waals surface area (Å²) in [5, 5.41) is 28.1. The van der Waals surface area contributed by atoms with Crippen molar-refractivity contribution in [2.75, 3.05) is 6.61 Å². The van der Waals surface area contributed by atoms with Gasteiger partial charge in [0.15, 0.2) is 0 Å². The largest absolute Gasteiger partial charge is 0.480 e. The van der Waals surface area contributed by atoms with Crippen LogP contribution < -0.4 is 27.1 Å². The maximum Gasteiger partial charge on any atom is 0.323 e. The molecule has 3 rings (SSSR count). The summed E-state index contributed by atoms with van der Waals surface area (Å²) in [6.45, 7) is -0.658. The molecule has 1 heterocycles. The number of amides is 1. The van der Waals surface area contributed by atoms with Gasteiger partial charge in [-0.1, -0.05) is 48.0 Å². The molecule has 1 aliphatic rings. The number of benzene rings is 2. The van der Waals surface area contributed by atoms with Crippen LogP contribution >= 0.6 is 11.6 Å². The van der Waals surface area contributed by atoms with Crippen molar-refractivity contribution >= 4 is 29.4 Å². The van der Waals surface area contributed by atoms with Gasteiger partial charge in [0.2, 0.25) is 11.9 Å². The van der Waals surface area contributed by atoms with Gasteiger partial charge in [0.25, 0.3) is 0 Å². The van der Waals surface area contributed by atoms with Gasteiger partial charge in [0.05, 0.1) is 12.6 Å². The summed E-state index contributed by atoms with van der Waals surface area (Å²) in [5.74, 6) is -1.63. The van der Waals surface area contributed by atoms with Gasteiger partial charge >= 0.3 is 5.97 Å². The van der Waals surface area contributed by atoms with Gasteiger partial charge in [0.1, 0.15) is 6.04 Å². The number of aliphatic hydroxyl groups excluding tert-OH is 1. The van der Waals surface area contributed by atoms with Gasteiger partial charge in [-0.2, -0.15) is 0 Å². The smallest absolute Gasteiger partial charge is 0.323 e. The molecule has 30 heavy (non-hydrogen) atoms. The molecule has 1 aliphatic heterocycles. The van der Waals surface area contributed by atoms with Crippen molar-refractivity contribution in [2.24, 2.45) is 5.10 Å². The van der Waals surface area contributed by atoms with E-state index in [0.717, 1.165) is 16.7 Å². The molecule has 0 aromatic heterocycles. The van der Waals surface area contributed by atoms with E-state index in [-0.39, 0.29) is 12.4 Å². The number of carboxylic acids is 1. The Balaban J connectivity index is 1.75. The zero-order valence-electron chi connectivity index (χ0n) is 15.7. The summed E-state index contributed by atoms with van der Waals surface area (Å²) in [6, 6.07) is 12.7. The Hall–Kier alpha value is -3.18. The Morgan fingerprint density at radius 3 is 2.47 bits per heavy atom. The molecule has 0 saturated heterocycles. The van der Waals surface area contributed by atoms with Crippen molar-refractivity contribution in [1.29, 1.82) is 0 Å². The molecular weight excluding hydrogens is 412 g/mol. The first kappa shape index (κ1) is 21.5. The molecule has 2 atom stereocenters. The number of nitrogens with one attached hydrogen (secondary N) is 5. The number of halogens is 1. The Kier molecular flexibility index (Phi) is 7.20. The molecule has 0 saturated carbocycles. The van der Waals surface area contributed by atoms with E-state index in [1.54, 1.807) is 6.07 Å². The van der Waals surface area contributed by atoms with Crippen molar-refractivity contribution in [3.05, 3.63) is 59.1 Å². The van der Waals surface area contributed by atoms with Crippen LogP contribution in [0.4, 0.5) is 0 Å². The quantitative estimate of drug-likeness (QED) is 0.307. The van der Waals surface area contributed by atoms with Crippen LogP contribution in [0.5, 0.6) is 0 Å². The van der Waals surface area contributed by atoms with Crippen molar-refractivity contribution < 1.29 is 19.8 Å². The highest BCUT2D eigenvalue weighted by Crippen LogP contribution is 2.23. The predicted molar refractivity (Wildman–Crippen MR) is 111 cm³/mol. The van der Waals surface area contributed by atoms with E-state index in [1.165, 1.54) is 0 Å². The number of hydrazine groups is 2. The third kappa shape index (κ3) is 5.67. The van der Waals surface area contributed by atoms with Crippen molar-refractivity contribution in [3.8, 4) is 11.1 Å². The molecule has 2 aromatic rings. The summed E-state index contributed by atoms with van der Waals surface area (Å²) in [6.07, 6.45) is 0.194. The van der Waals surface area contributed by atoms with Crippen LogP contribution in [-0.4, -0.2) is 46.7 Å². The predicted octanol–water partition coefficient (Wildman–Crippen LogP) is -0.0472. The first-order valence-electron chi connectivity index (χ1n) is 9.05. The van der Waals surface area contributed by atoms with Crippen LogP contribution in [0.25, 0.3) is 11.1 Å². The Bertz CT molecular complexity index is 937. The van der Waals surface area contributed by atoms with E-state index >= 15 is 0 Å². The van der Waals surface area contributed by atoms with Crippen LogP contribution in [0.3, 0.4) is 0 Å². The molecule has 2 aromatic carbocycles. The second-order valence-electron chi connectivity index (χ2n) is 6.52. The molecule has 0 bridgehead atoms. The molecule has 10 nitrogen and oxygen atoms in total.